The van der Waals surface area contributed by atoms with Gasteiger partial charge in [-0.2, -0.15) is 0 Å². The van der Waals surface area contributed by atoms with E-state index in [1.807, 2.05) is 6.92 Å². The van der Waals surface area contributed by atoms with E-state index in [-0.39, 0.29) is 6.10 Å². The van der Waals surface area contributed by atoms with Crippen LogP contribution in [-0.4, -0.2) is 11.2 Å². The van der Waals surface area contributed by atoms with E-state index in [2.05, 4.69) is 12.2 Å². The smallest absolute Gasteiger partial charge is 0.0546 e. The van der Waals surface area contributed by atoms with Crippen molar-refractivity contribution in [1.29, 1.82) is 0 Å². The van der Waals surface area contributed by atoms with Crippen LogP contribution >= 0.6 is 0 Å². The molecule has 9 heavy (non-hydrogen) atoms. The molecule has 0 radical (unpaired) electrons. The molecule has 1 aliphatic rings. The highest BCUT2D eigenvalue weighted by Crippen LogP contribution is 2.25. The third-order valence-corrected chi connectivity index (χ3v) is 1.91. The van der Waals surface area contributed by atoms with Crippen molar-refractivity contribution in [3.8, 4) is 0 Å². The number of aliphatic hydroxyl groups is 1. The Kier molecular flexibility index (Phi) is 2.29. The van der Waals surface area contributed by atoms with E-state index >= 15 is 0 Å². The molecule has 1 heteroatoms. The molecule has 1 saturated carbocycles. The van der Waals surface area contributed by atoms with Gasteiger partial charge >= 0.3 is 0 Å². The van der Waals surface area contributed by atoms with Gasteiger partial charge < -0.3 is 5.11 Å². The van der Waals surface area contributed by atoms with Crippen LogP contribution in [0, 0.1) is 5.92 Å². The Hall–Kier alpha value is -0.300. The molecule has 0 aromatic carbocycles. The molecule has 0 aromatic heterocycles. The summed E-state index contributed by atoms with van der Waals surface area (Å²) in [4.78, 5) is 0. The second-order valence-electron chi connectivity index (χ2n) is 2.75. The molecule has 0 aliphatic heterocycles. The molecule has 1 rings (SSSR count). The fraction of sp³-hybridized carbons (Fsp3) is 0.750. The van der Waals surface area contributed by atoms with Crippen molar-refractivity contribution in [3.05, 3.63) is 12.2 Å². The van der Waals surface area contributed by atoms with Crippen molar-refractivity contribution in [3.63, 3.8) is 0 Å². The zero-order valence-corrected chi connectivity index (χ0v) is 5.88. The van der Waals surface area contributed by atoms with Crippen LogP contribution in [0.3, 0.4) is 0 Å². The summed E-state index contributed by atoms with van der Waals surface area (Å²) in [6, 6.07) is 0. The van der Waals surface area contributed by atoms with Crippen molar-refractivity contribution < 1.29 is 5.11 Å². The Bertz CT molecular complexity index is 107. The lowest BCUT2D eigenvalue weighted by Crippen LogP contribution is -1.97. The third-order valence-electron chi connectivity index (χ3n) is 1.91. The monoisotopic (exact) mass is 126 g/mol. The maximum atomic E-state index is 9.09. The minimum atomic E-state index is -0.0220. The minimum Gasteiger partial charge on any atom is -0.393 e. The summed E-state index contributed by atoms with van der Waals surface area (Å²) in [6.07, 6.45) is 7.38. The predicted molar refractivity (Wildman–Crippen MR) is 38.2 cm³/mol. The zero-order valence-electron chi connectivity index (χ0n) is 5.88. The third kappa shape index (κ3) is 1.83. The van der Waals surface area contributed by atoms with E-state index < -0.39 is 0 Å². The van der Waals surface area contributed by atoms with Crippen LogP contribution in [0.15, 0.2) is 12.2 Å². The van der Waals surface area contributed by atoms with Crippen LogP contribution < -0.4 is 0 Å². The van der Waals surface area contributed by atoms with Gasteiger partial charge in [0.15, 0.2) is 0 Å². The molecule has 0 heterocycles. The van der Waals surface area contributed by atoms with Crippen LogP contribution in [0.5, 0.6) is 0 Å². The van der Waals surface area contributed by atoms with Crippen LogP contribution in [0.2, 0.25) is 0 Å². The summed E-state index contributed by atoms with van der Waals surface area (Å²) in [5.41, 5.74) is 0. The number of rotatable bonds is 1. The fourth-order valence-corrected chi connectivity index (χ4v) is 1.44. The molecule has 0 saturated heterocycles. The number of hydrogen-bond donors (Lipinski definition) is 1. The van der Waals surface area contributed by atoms with Gasteiger partial charge in [0.1, 0.15) is 0 Å². The number of hydrogen-bond acceptors (Lipinski definition) is 1. The zero-order chi connectivity index (χ0) is 6.69. The molecule has 2 unspecified atom stereocenters. The van der Waals surface area contributed by atoms with Gasteiger partial charge in [-0.05, 0) is 32.1 Å². The lowest BCUT2D eigenvalue weighted by molar-refractivity contribution is 0.180. The Morgan fingerprint density at radius 1 is 1.44 bits per heavy atom. The van der Waals surface area contributed by atoms with Crippen molar-refractivity contribution in [2.75, 3.05) is 0 Å². The Labute approximate surface area is 56.4 Å². The summed E-state index contributed by atoms with van der Waals surface area (Å²) >= 11 is 0. The van der Waals surface area contributed by atoms with Crippen molar-refractivity contribution in [2.45, 2.75) is 32.3 Å². The topological polar surface area (TPSA) is 20.2 Å². The molecule has 1 aliphatic carbocycles. The van der Waals surface area contributed by atoms with Crippen LogP contribution in [0.25, 0.3) is 0 Å². The Balaban J connectivity index is 2.30. The number of allylic oxidation sites excluding steroid dienone is 2. The highest BCUT2D eigenvalue weighted by Gasteiger charge is 2.19. The second-order valence-corrected chi connectivity index (χ2v) is 2.75. The molecule has 1 nitrogen and oxygen atoms in total. The summed E-state index contributed by atoms with van der Waals surface area (Å²) in [5, 5.41) is 9.09. The summed E-state index contributed by atoms with van der Waals surface area (Å²) in [6.45, 7) is 2.03. The fourth-order valence-electron chi connectivity index (χ4n) is 1.44. The van der Waals surface area contributed by atoms with Gasteiger partial charge in [0.2, 0.25) is 0 Å². The first-order valence-electron chi connectivity index (χ1n) is 3.64. The molecule has 52 valence electrons. The lowest BCUT2D eigenvalue weighted by atomic mass is 10.1. The van der Waals surface area contributed by atoms with Crippen molar-refractivity contribution in [1.82, 2.24) is 0 Å². The quantitative estimate of drug-likeness (QED) is 0.530. The van der Waals surface area contributed by atoms with Gasteiger partial charge in [0.25, 0.3) is 0 Å². The SMILES string of the molecule is CC=CC1CCC(O)C1. The Morgan fingerprint density at radius 3 is 2.67 bits per heavy atom. The maximum absolute atomic E-state index is 9.09. The van der Waals surface area contributed by atoms with Gasteiger partial charge in [0, 0.05) is 0 Å². The minimum absolute atomic E-state index is 0.0220. The molecule has 0 bridgehead atoms. The Morgan fingerprint density at radius 2 is 2.22 bits per heavy atom. The van der Waals surface area contributed by atoms with E-state index in [4.69, 9.17) is 5.11 Å². The summed E-state index contributed by atoms with van der Waals surface area (Å²) in [5.74, 6) is 0.657. The first-order valence-corrected chi connectivity index (χ1v) is 3.64. The van der Waals surface area contributed by atoms with Crippen molar-refractivity contribution >= 4 is 0 Å². The van der Waals surface area contributed by atoms with Gasteiger partial charge in [-0.1, -0.05) is 12.2 Å². The van der Waals surface area contributed by atoms with Gasteiger partial charge in [-0.15, -0.1) is 0 Å². The summed E-state index contributed by atoms with van der Waals surface area (Å²) in [7, 11) is 0. The van der Waals surface area contributed by atoms with E-state index in [0.29, 0.717) is 5.92 Å². The first-order chi connectivity index (χ1) is 4.33. The lowest BCUT2D eigenvalue weighted by Gasteiger charge is -1.99. The highest BCUT2D eigenvalue weighted by molar-refractivity contribution is 4.90. The van der Waals surface area contributed by atoms with E-state index in [1.165, 1.54) is 6.42 Å². The molecule has 2 atom stereocenters. The van der Waals surface area contributed by atoms with Gasteiger partial charge in [0.05, 0.1) is 6.10 Å². The van der Waals surface area contributed by atoms with Gasteiger partial charge in [-0.3, -0.25) is 0 Å². The molecular formula is C8H14O. The first kappa shape index (κ1) is 6.81. The van der Waals surface area contributed by atoms with Crippen LogP contribution in [0.4, 0.5) is 0 Å². The van der Waals surface area contributed by atoms with E-state index in [9.17, 15) is 0 Å². The molecule has 0 amide bonds. The number of aliphatic hydroxyl groups excluding tert-OH is 1. The maximum Gasteiger partial charge on any atom is 0.0546 e. The van der Waals surface area contributed by atoms with Crippen LogP contribution in [-0.2, 0) is 0 Å². The molecule has 1 fully saturated rings. The van der Waals surface area contributed by atoms with E-state index in [1.54, 1.807) is 0 Å². The van der Waals surface area contributed by atoms with E-state index in [0.717, 1.165) is 12.8 Å². The molecule has 1 N–H and O–H groups in total. The second kappa shape index (κ2) is 3.02. The largest absolute Gasteiger partial charge is 0.393 e. The van der Waals surface area contributed by atoms with Gasteiger partial charge in [-0.25, -0.2) is 0 Å². The average molecular weight is 126 g/mol. The molecule has 0 aromatic rings. The molecular weight excluding hydrogens is 112 g/mol. The highest BCUT2D eigenvalue weighted by atomic mass is 16.3. The molecule has 0 spiro atoms. The normalized spacial score (nSPS) is 36.2. The summed E-state index contributed by atoms with van der Waals surface area (Å²) < 4.78 is 0. The van der Waals surface area contributed by atoms with Crippen LogP contribution in [0.1, 0.15) is 26.2 Å². The van der Waals surface area contributed by atoms with Crippen molar-refractivity contribution in [2.24, 2.45) is 5.92 Å². The average Bonchev–Trinajstić information content (AvgIpc) is 2.17. The predicted octanol–water partition coefficient (Wildman–Crippen LogP) is 1.72. The standard InChI is InChI=1S/C8H14O/c1-2-3-7-4-5-8(9)6-7/h2-3,7-9H,4-6H2,1H3.